The number of halogens is 1. The monoisotopic (exact) mass is 256 g/mol. The van der Waals surface area contributed by atoms with Crippen molar-refractivity contribution < 1.29 is 14.3 Å². The van der Waals surface area contributed by atoms with Crippen molar-refractivity contribution in [1.82, 2.24) is 0 Å². The molecule has 0 saturated heterocycles. The highest BCUT2D eigenvalue weighted by Gasteiger charge is 2.12. The molecular formula is C14H9FN2O2. The summed E-state index contributed by atoms with van der Waals surface area (Å²) in [6.45, 7) is 0. The van der Waals surface area contributed by atoms with Crippen LogP contribution < -0.4 is 5.32 Å². The summed E-state index contributed by atoms with van der Waals surface area (Å²) >= 11 is 0. The first-order valence-corrected chi connectivity index (χ1v) is 5.40. The lowest BCUT2D eigenvalue weighted by Crippen LogP contribution is -2.13. The molecule has 5 heteroatoms. The van der Waals surface area contributed by atoms with Crippen LogP contribution in [-0.4, -0.2) is 11.0 Å². The van der Waals surface area contributed by atoms with Crippen LogP contribution >= 0.6 is 0 Å². The molecule has 0 aliphatic rings. The van der Waals surface area contributed by atoms with Gasteiger partial charge in [0.1, 0.15) is 11.6 Å². The minimum atomic E-state index is -0.800. The number of aromatic hydroxyl groups is 1. The van der Waals surface area contributed by atoms with Crippen LogP contribution in [0.15, 0.2) is 42.5 Å². The molecule has 2 aromatic rings. The lowest BCUT2D eigenvalue weighted by atomic mass is 10.1. The molecule has 94 valence electrons. The van der Waals surface area contributed by atoms with E-state index >= 15 is 0 Å². The number of amides is 1. The number of phenols is 1. The highest BCUT2D eigenvalue weighted by molar-refractivity contribution is 6.04. The van der Waals surface area contributed by atoms with Crippen molar-refractivity contribution in [3.63, 3.8) is 0 Å². The maximum Gasteiger partial charge on any atom is 0.258 e. The summed E-state index contributed by atoms with van der Waals surface area (Å²) in [5.41, 5.74) is 0.757. The second kappa shape index (κ2) is 5.19. The summed E-state index contributed by atoms with van der Waals surface area (Å²) in [5.74, 6) is -1.67. The number of benzene rings is 2. The average molecular weight is 256 g/mol. The van der Waals surface area contributed by atoms with Crippen molar-refractivity contribution in [2.24, 2.45) is 0 Å². The molecule has 0 unspecified atom stereocenters. The predicted octanol–water partition coefficient (Wildman–Crippen LogP) is 2.66. The van der Waals surface area contributed by atoms with E-state index in [0.717, 1.165) is 6.07 Å². The highest BCUT2D eigenvalue weighted by atomic mass is 19.1. The highest BCUT2D eigenvalue weighted by Crippen LogP contribution is 2.17. The van der Waals surface area contributed by atoms with Crippen LogP contribution in [0.3, 0.4) is 0 Å². The summed E-state index contributed by atoms with van der Waals surface area (Å²) < 4.78 is 13.5. The second-order valence-electron chi connectivity index (χ2n) is 3.81. The van der Waals surface area contributed by atoms with Crippen LogP contribution in [0.5, 0.6) is 5.75 Å². The smallest absolute Gasteiger partial charge is 0.258 e. The Hall–Kier alpha value is -2.87. The molecule has 2 rings (SSSR count). The number of carbonyl (C=O) groups is 1. The maximum absolute atomic E-state index is 13.5. The van der Waals surface area contributed by atoms with E-state index in [9.17, 15) is 9.18 Å². The summed E-state index contributed by atoms with van der Waals surface area (Å²) in [6.07, 6.45) is 0. The van der Waals surface area contributed by atoms with E-state index in [2.05, 4.69) is 5.32 Å². The Labute approximate surface area is 108 Å². The van der Waals surface area contributed by atoms with E-state index in [-0.39, 0.29) is 11.3 Å². The van der Waals surface area contributed by atoms with Gasteiger partial charge in [-0.3, -0.25) is 4.79 Å². The second-order valence-corrected chi connectivity index (χ2v) is 3.81. The number of hydrogen-bond acceptors (Lipinski definition) is 3. The van der Waals surface area contributed by atoms with Crippen LogP contribution in [0, 0.1) is 17.1 Å². The first-order chi connectivity index (χ1) is 9.10. The van der Waals surface area contributed by atoms with Crippen LogP contribution in [0.4, 0.5) is 10.1 Å². The van der Waals surface area contributed by atoms with Crippen molar-refractivity contribution in [3.8, 4) is 11.8 Å². The van der Waals surface area contributed by atoms with Gasteiger partial charge in [0.15, 0.2) is 0 Å². The van der Waals surface area contributed by atoms with Crippen LogP contribution in [-0.2, 0) is 0 Å². The van der Waals surface area contributed by atoms with E-state index in [1.54, 1.807) is 24.3 Å². The fourth-order valence-electron chi connectivity index (χ4n) is 1.51. The van der Waals surface area contributed by atoms with E-state index in [1.807, 2.05) is 6.07 Å². The van der Waals surface area contributed by atoms with Crippen molar-refractivity contribution in [1.29, 1.82) is 5.26 Å². The number of phenolic OH excluding ortho intramolecular Hbond substituents is 1. The molecule has 2 aromatic carbocycles. The zero-order valence-electron chi connectivity index (χ0n) is 9.72. The third kappa shape index (κ3) is 2.87. The fraction of sp³-hybridized carbons (Fsp3) is 0. The minimum Gasteiger partial charge on any atom is -0.508 e. The molecule has 1 amide bonds. The number of nitrogens with one attached hydrogen (secondary N) is 1. The minimum absolute atomic E-state index is 0.165. The summed E-state index contributed by atoms with van der Waals surface area (Å²) in [5, 5.41) is 20.2. The molecule has 0 atom stereocenters. The number of rotatable bonds is 2. The molecule has 0 bridgehead atoms. The molecule has 2 N–H and O–H groups in total. The number of hydrogen-bond donors (Lipinski definition) is 2. The van der Waals surface area contributed by atoms with Gasteiger partial charge in [0.25, 0.3) is 5.91 Å². The average Bonchev–Trinajstić information content (AvgIpc) is 2.39. The lowest BCUT2D eigenvalue weighted by Gasteiger charge is -2.06. The van der Waals surface area contributed by atoms with E-state index in [0.29, 0.717) is 11.3 Å². The number of carbonyl (C=O) groups excluding carboxylic acids is 1. The van der Waals surface area contributed by atoms with Crippen molar-refractivity contribution >= 4 is 11.6 Å². The van der Waals surface area contributed by atoms with Crippen molar-refractivity contribution in [3.05, 3.63) is 59.4 Å². The third-order valence-electron chi connectivity index (χ3n) is 2.47. The SMILES string of the molecule is N#Cc1ccc(NC(=O)c2ccc(O)cc2F)cc1. The Bertz CT molecular complexity index is 660. The third-order valence-corrected chi connectivity index (χ3v) is 2.47. The summed E-state index contributed by atoms with van der Waals surface area (Å²) in [6, 6.07) is 11.4. The van der Waals surface area contributed by atoms with Gasteiger partial charge < -0.3 is 10.4 Å². The molecule has 0 aromatic heterocycles. The van der Waals surface area contributed by atoms with E-state index < -0.39 is 11.7 Å². The lowest BCUT2D eigenvalue weighted by molar-refractivity contribution is 0.102. The molecule has 0 radical (unpaired) electrons. The van der Waals surface area contributed by atoms with Gasteiger partial charge in [0.05, 0.1) is 17.2 Å². The Morgan fingerprint density at radius 3 is 2.47 bits per heavy atom. The molecule has 0 heterocycles. The molecule has 0 saturated carbocycles. The van der Waals surface area contributed by atoms with Crippen LogP contribution in [0.1, 0.15) is 15.9 Å². The van der Waals surface area contributed by atoms with E-state index in [1.165, 1.54) is 12.1 Å². The zero-order valence-corrected chi connectivity index (χ0v) is 9.72. The first-order valence-electron chi connectivity index (χ1n) is 5.40. The molecule has 19 heavy (non-hydrogen) atoms. The van der Waals surface area contributed by atoms with Crippen molar-refractivity contribution in [2.45, 2.75) is 0 Å². The number of nitriles is 1. The normalized spacial score (nSPS) is 9.68. The number of anilines is 1. The Balaban J connectivity index is 2.18. The van der Waals surface area contributed by atoms with Gasteiger partial charge in [-0.2, -0.15) is 5.26 Å². The zero-order chi connectivity index (χ0) is 13.8. The molecule has 0 aliphatic carbocycles. The Kier molecular flexibility index (Phi) is 3.44. The van der Waals surface area contributed by atoms with Gasteiger partial charge in [0, 0.05) is 11.8 Å². The van der Waals surface area contributed by atoms with Gasteiger partial charge in [-0.05, 0) is 36.4 Å². The van der Waals surface area contributed by atoms with E-state index in [4.69, 9.17) is 10.4 Å². The predicted molar refractivity (Wildman–Crippen MR) is 67.2 cm³/mol. The van der Waals surface area contributed by atoms with Gasteiger partial charge in [-0.15, -0.1) is 0 Å². The standard InChI is InChI=1S/C14H9FN2O2/c15-13-7-11(18)5-6-12(13)14(19)17-10-3-1-9(8-16)2-4-10/h1-7,18H,(H,17,19). The maximum atomic E-state index is 13.5. The summed E-state index contributed by atoms with van der Waals surface area (Å²) in [7, 11) is 0. The van der Waals surface area contributed by atoms with Crippen molar-refractivity contribution in [2.75, 3.05) is 5.32 Å². The van der Waals surface area contributed by atoms with Gasteiger partial charge >= 0.3 is 0 Å². The van der Waals surface area contributed by atoms with Gasteiger partial charge in [0.2, 0.25) is 0 Å². The summed E-state index contributed by atoms with van der Waals surface area (Å²) in [4.78, 5) is 11.8. The molecule has 0 fully saturated rings. The first kappa shape index (κ1) is 12.6. The topological polar surface area (TPSA) is 73.1 Å². The molecule has 0 aliphatic heterocycles. The Morgan fingerprint density at radius 2 is 1.89 bits per heavy atom. The molecule has 4 nitrogen and oxygen atoms in total. The van der Waals surface area contributed by atoms with Crippen LogP contribution in [0.25, 0.3) is 0 Å². The number of nitrogens with zero attached hydrogens (tertiary/aromatic N) is 1. The molecule has 0 spiro atoms. The van der Waals surface area contributed by atoms with Gasteiger partial charge in [-0.1, -0.05) is 0 Å². The molecular weight excluding hydrogens is 247 g/mol. The Morgan fingerprint density at radius 1 is 1.21 bits per heavy atom. The fourth-order valence-corrected chi connectivity index (χ4v) is 1.51. The van der Waals surface area contributed by atoms with Crippen LogP contribution in [0.2, 0.25) is 0 Å². The largest absolute Gasteiger partial charge is 0.508 e. The quantitative estimate of drug-likeness (QED) is 0.867. The van der Waals surface area contributed by atoms with Gasteiger partial charge in [-0.25, -0.2) is 4.39 Å².